The average molecular weight is 242 g/mol. The van der Waals surface area contributed by atoms with E-state index >= 15 is 0 Å². The van der Waals surface area contributed by atoms with Crippen LogP contribution < -0.4 is 5.32 Å². The van der Waals surface area contributed by atoms with Crippen molar-refractivity contribution >= 4 is 0 Å². The third kappa shape index (κ3) is 3.47. The van der Waals surface area contributed by atoms with Crippen molar-refractivity contribution in [1.29, 1.82) is 0 Å². The molecular formula is C16H22N2. The number of aromatic nitrogens is 1. The molecule has 0 aliphatic carbocycles. The van der Waals surface area contributed by atoms with Gasteiger partial charge in [-0.3, -0.25) is 0 Å². The molecule has 0 radical (unpaired) electrons. The Morgan fingerprint density at radius 2 is 1.94 bits per heavy atom. The van der Waals surface area contributed by atoms with Gasteiger partial charge in [0.1, 0.15) is 0 Å². The standard InChI is InChI=1S/C16H22N2/c1-3-10-18-11-9-15(13-18)12-17-14(2)16-7-5-4-6-8-16/h4-9,11,13-14,17H,3,10,12H2,1-2H3/t14-/m1/s1. The van der Waals surface area contributed by atoms with Gasteiger partial charge >= 0.3 is 0 Å². The first-order valence-electron chi connectivity index (χ1n) is 6.72. The van der Waals surface area contributed by atoms with Gasteiger partial charge in [0.25, 0.3) is 0 Å². The van der Waals surface area contributed by atoms with Crippen LogP contribution in [0.25, 0.3) is 0 Å². The molecule has 1 aromatic carbocycles. The molecule has 96 valence electrons. The Morgan fingerprint density at radius 3 is 2.67 bits per heavy atom. The summed E-state index contributed by atoms with van der Waals surface area (Å²) in [4.78, 5) is 0. The Balaban J connectivity index is 1.87. The van der Waals surface area contributed by atoms with Crippen molar-refractivity contribution in [3.05, 3.63) is 59.9 Å². The van der Waals surface area contributed by atoms with Crippen molar-refractivity contribution in [2.45, 2.75) is 39.4 Å². The lowest BCUT2D eigenvalue weighted by Gasteiger charge is -2.13. The van der Waals surface area contributed by atoms with Gasteiger partial charge in [0.05, 0.1) is 0 Å². The van der Waals surface area contributed by atoms with Gasteiger partial charge in [0.2, 0.25) is 0 Å². The van der Waals surface area contributed by atoms with Crippen LogP contribution in [-0.4, -0.2) is 4.57 Å². The molecule has 0 saturated carbocycles. The van der Waals surface area contributed by atoms with Crippen LogP contribution in [0.5, 0.6) is 0 Å². The van der Waals surface area contributed by atoms with E-state index < -0.39 is 0 Å². The van der Waals surface area contributed by atoms with E-state index in [1.807, 2.05) is 0 Å². The zero-order valence-electron chi connectivity index (χ0n) is 11.3. The fourth-order valence-corrected chi connectivity index (χ4v) is 2.12. The molecule has 1 aromatic heterocycles. The number of hydrogen-bond acceptors (Lipinski definition) is 1. The maximum absolute atomic E-state index is 3.56. The van der Waals surface area contributed by atoms with Gasteiger partial charge in [-0.1, -0.05) is 37.3 Å². The van der Waals surface area contributed by atoms with Crippen LogP contribution in [0.3, 0.4) is 0 Å². The Hall–Kier alpha value is -1.54. The molecule has 1 heterocycles. The maximum atomic E-state index is 3.56. The van der Waals surface area contributed by atoms with E-state index in [9.17, 15) is 0 Å². The van der Waals surface area contributed by atoms with Crippen molar-refractivity contribution in [3.8, 4) is 0 Å². The highest BCUT2D eigenvalue weighted by molar-refractivity contribution is 5.18. The predicted molar refractivity (Wildman–Crippen MR) is 76.4 cm³/mol. The van der Waals surface area contributed by atoms with Crippen LogP contribution >= 0.6 is 0 Å². The van der Waals surface area contributed by atoms with E-state index in [0.717, 1.165) is 13.1 Å². The number of nitrogens with zero attached hydrogens (tertiary/aromatic N) is 1. The fraction of sp³-hybridized carbons (Fsp3) is 0.375. The van der Waals surface area contributed by atoms with Crippen molar-refractivity contribution in [3.63, 3.8) is 0 Å². The minimum atomic E-state index is 0.390. The van der Waals surface area contributed by atoms with Crippen LogP contribution in [0, 0.1) is 0 Å². The lowest BCUT2D eigenvalue weighted by atomic mass is 10.1. The van der Waals surface area contributed by atoms with Crippen molar-refractivity contribution < 1.29 is 0 Å². The molecule has 1 atom stereocenters. The van der Waals surface area contributed by atoms with Crippen molar-refractivity contribution in [2.24, 2.45) is 0 Å². The van der Waals surface area contributed by atoms with Crippen LogP contribution in [0.2, 0.25) is 0 Å². The third-order valence-electron chi connectivity index (χ3n) is 3.21. The molecule has 0 saturated heterocycles. The topological polar surface area (TPSA) is 17.0 Å². The van der Waals surface area contributed by atoms with Gasteiger partial charge in [-0.2, -0.15) is 0 Å². The summed E-state index contributed by atoms with van der Waals surface area (Å²) >= 11 is 0. The molecule has 0 unspecified atom stereocenters. The second-order valence-electron chi connectivity index (χ2n) is 4.77. The van der Waals surface area contributed by atoms with E-state index in [0.29, 0.717) is 6.04 Å². The molecule has 0 fully saturated rings. The number of aryl methyl sites for hydroxylation is 1. The van der Waals surface area contributed by atoms with Crippen molar-refractivity contribution in [2.75, 3.05) is 0 Å². The third-order valence-corrected chi connectivity index (χ3v) is 3.21. The molecule has 0 bridgehead atoms. The van der Waals surface area contributed by atoms with E-state index in [4.69, 9.17) is 0 Å². The molecule has 2 nitrogen and oxygen atoms in total. The van der Waals surface area contributed by atoms with E-state index in [1.165, 1.54) is 17.5 Å². The summed E-state index contributed by atoms with van der Waals surface area (Å²) in [7, 11) is 0. The highest BCUT2D eigenvalue weighted by Crippen LogP contribution is 2.12. The van der Waals surface area contributed by atoms with Crippen LogP contribution in [0.1, 0.15) is 37.4 Å². The van der Waals surface area contributed by atoms with E-state index in [1.54, 1.807) is 0 Å². The fourth-order valence-electron chi connectivity index (χ4n) is 2.12. The van der Waals surface area contributed by atoms with Gasteiger partial charge in [0.15, 0.2) is 0 Å². The first kappa shape index (κ1) is 12.9. The smallest absolute Gasteiger partial charge is 0.0294 e. The zero-order valence-corrected chi connectivity index (χ0v) is 11.3. The molecule has 0 aliphatic rings. The summed E-state index contributed by atoms with van der Waals surface area (Å²) in [6, 6.07) is 13.2. The average Bonchev–Trinajstić information content (AvgIpc) is 2.85. The molecule has 2 aromatic rings. The summed E-state index contributed by atoms with van der Waals surface area (Å²) in [6.45, 7) is 6.44. The normalized spacial score (nSPS) is 12.6. The van der Waals surface area contributed by atoms with Crippen LogP contribution in [0.4, 0.5) is 0 Å². The molecular weight excluding hydrogens is 220 g/mol. The molecule has 2 heteroatoms. The quantitative estimate of drug-likeness (QED) is 0.816. The zero-order chi connectivity index (χ0) is 12.8. The number of hydrogen-bond donors (Lipinski definition) is 1. The molecule has 0 spiro atoms. The monoisotopic (exact) mass is 242 g/mol. The molecule has 0 amide bonds. The van der Waals surface area contributed by atoms with Gasteiger partial charge in [-0.25, -0.2) is 0 Å². The summed E-state index contributed by atoms with van der Waals surface area (Å²) < 4.78 is 2.25. The summed E-state index contributed by atoms with van der Waals surface area (Å²) in [6.07, 6.45) is 5.57. The van der Waals surface area contributed by atoms with Crippen molar-refractivity contribution in [1.82, 2.24) is 9.88 Å². The Bertz CT molecular complexity index is 459. The highest BCUT2D eigenvalue weighted by atomic mass is 14.9. The minimum absolute atomic E-state index is 0.390. The van der Waals surface area contributed by atoms with Crippen LogP contribution in [-0.2, 0) is 13.1 Å². The summed E-state index contributed by atoms with van der Waals surface area (Å²) in [5.74, 6) is 0. The Kier molecular flexibility index (Phi) is 4.59. The highest BCUT2D eigenvalue weighted by Gasteiger charge is 2.04. The largest absolute Gasteiger partial charge is 0.354 e. The second-order valence-corrected chi connectivity index (χ2v) is 4.77. The molecule has 1 N–H and O–H groups in total. The molecule has 2 rings (SSSR count). The van der Waals surface area contributed by atoms with Crippen LogP contribution in [0.15, 0.2) is 48.8 Å². The van der Waals surface area contributed by atoms with Gasteiger partial charge in [-0.15, -0.1) is 0 Å². The Labute approximate surface area is 110 Å². The van der Waals surface area contributed by atoms with Gasteiger partial charge in [0, 0.05) is 31.5 Å². The summed E-state index contributed by atoms with van der Waals surface area (Å²) in [5, 5.41) is 3.56. The minimum Gasteiger partial charge on any atom is -0.354 e. The number of rotatable bonds is 6. The first-order valence-corrected chi connectivity index (χ1v) is 6.72. The predicted octanol–water partition coefficient (Wildman–Crippen LogP) is 3.75. The Morgan fingerprint density at radius 1 is 1.17 bits per heavy atom. The molecule has 0 aliphatic heterocycles. The summed E-state index contributed by atoms with van der Waals surface area (Å²) in [5.41, 5.74) is 2.69. The first-order chi connectivity index (χ1) is 8.79. The van der Waals surface area contributed by atoms with Gasteiger partial charge < -0.3 is 9.88 Å². The lowest BCUT2D eigenvalue weighted by Crippen LogP contribution is -2.17. The van der Waals surface area contributed by atoms with E-state index in [-0.39, 0.29) is 0 Å². The van der Waals surface area contributed by atoms with E-state index in [2.05, 4.69) is 72.5 Å². The maximum Gasteiger partial charge on any atom is 0.0294 e. The number of benzene rings is 1. The SMILES string of the molecule is CCCn1ccc(CN[C@H](C)c2ccccc2)c1. The molecule has 18 heavy (non-hydrogen) atoms. The number of nitrogens with one attached hydrogen (secondary N) is 1. The lowest BCUT2D eigenvalue weighted by molar-refractivity contribution is 0.573. The van der Waals surface area contributed by atoms with Gasteiger partial charge in [-0.05, 0) is 30.5 Å². The second kappa shape index (κ2) is 6.41.